The average Bonchev–Trinajstić information content (AvgIpc) is 2.74. The predicted octanol–water partition coefficient (Wildman–Crippen LogP) is 2.16. The molecule has 0 spiro atoms. The first kappa shape index (κ1) is 8.79. The molecule has 2 rings (SSSR count). The van der Waals surface area contributed by atoms with Crippen molar-refractivity contribution in [3.63, 3.8) is 0 Å². The smallest absolute Gasteiger partial charge is 0.247 e. The summed E-state index contributed by atoms with van der Waals surface area (Å²) in [6.07, 6.45) is 10.2. The maximum atomic E-state index is 11.6. The third kappa shape index (κ3) is 2.11. The van der Waals surface area contributed by atoms with Crippen molar-refractivity contribution in [2.75, 3.05) is 0 Å². The fraction of sp³-hybridized carbons (Fsp3) is 0.727. The van der Waals surface area contributed by atoms with Gasteiger partial charge in [-0.25, -0.2) is 0 Å². The zero-order valence-corrected chi connectivity index (χ0v) is 8.01. The normalized spacial score (nSPS) is 23.2. The van der Waals surface area contributed by atoms with Gasteiger partial charge in [-0.1, -0.05) is 18.9 Å². The standard InChI is InChI=1S/C11H17NO/c13-11(9-5-1-2-6-9)12-10-7-3-4-8-10/h5,10H,1-4,6-8H2,(H,12,13). The molecule has 1 amide bonds. The minimum atomic E-state index is 0.199. The van der Waals surface area contributed by atoms with Gasteiger partial charge in [0.1, 0.15) is 0 Å². The molecule has 0 atom stereocenters. The topological polar surface area (TPSA) is 29.1 Å². The number of carbonyl (C=O) groups excluding carboxylic acids is 1. The first-order valence-corrected chi connectivity index (χ1v) is 5.36. The van der Waals surface area contributed by atoms with Gasteiger partial charge in [0, 0.05) is 11.6 Å². The van der Waals surface area contributed by atoms with Crippen LogP contribution in [0.5, 0.6) is 0 Å². The highest BCUT2D eigenvalue weighted by molar-refractivity contribution is 5.93. The van der Waals surface area contributed by atoms with E-state index in [0.717, 1.165) is 24.8 Å². The van der Waals surface area contributed by atoms with Gasteiger partial charge < -0.3 is 5.32 Å². The number of allylic oxidation sites excluding steroid dienone is 1. The molecule has 2 heteroatoms. The van der Waals surface area contributed by atoms with E-state index in [-0.39, 0.29) is 5.91 Å². The van der Waals surface area contributed by atoms with Crippen LogP contribution in [-0.2, 0) is 4.79 Å². The molecule has 0 aromatic rings. The van der Waals surface area contributed by atoms with E-state index in [0.29, 0.717) is 6.04 Å². The van der Waals surface area contributed by atoms with Gasteiger partial charge in [0.05, 0.1) is 0 Å². The van der Waals surface area contributed by atoms with Crippen molar-refractivity contribution in [3.05, 3.63) is 11.6 Å². The molecular formula is C11H17NO. The molecule has 2 aliphatic carbocycles. The molecule has 0 aliphatic heterocycles. The lowest BCUT2D eigenvalue weighted by Crippen LogP contribution is -2.33. The molecule has 0 saturated heterocycles. The number of carbonyl (C=O) groups is 1. The lowest BCUT2D eigenvalue weighted by atomic mass is 10.2. The molecule has 2 nitrogen and oxygen atoms in total. The highest BCUT2D eigenvalue weighted by atomic mass is 16.1. The van der Waals surface area contributed by atoms with E-state index < -0.39 is 0 Å². The molecule has 1 fully saturated rings. The van der Waals surface area contributed by atoms with Crippen molar-refractivity contribution in [2.45, 2.75) is 51.0 Å². The van der Waals surface area contributed by atoms with Crippen LogP contribution in [-0.4, -0.2) is 11.9 Å². The molecule has 0 radical (unpaired) electrons. The molecule has 1 saturated carbocycles. The summed E-state index contributed by atoms with van der Waals surface area (Å²) in [5.74, 6) is 0.199. The van der Waals surface area contributed by atoms with Crippen LogP contribution in [0.4, 0.5) is 0 Å². The van der Waals surface area contributed by atoms with Crippen molar-refractivity contribution in [1.82, 2.24) is 5.32 Å². The van der Waals surface area contributed by atoms with Crippen LogP contribution in [0.3, 0.4) is 0 Å². The van der Waals surface area contributed by atoms with E-state index in [2.05, 4.69) is 11.4 Å². The first-order chi connectivity index (χ1) is 6.36. The summed E-state index contributed by atoms with van der Waals surface area (Å²) in [6.45, 7) is 0. The summed E-state index contributed by atoms with van der Waals surface area (Å²) in [6, 6.07) is 0.467. The molecule has 0 bridgehead atoms. The molecule has 0 aromatic carbocycles. The first-order valence-electron chi connectivity index (χ1n) is 5.36. The Labute approximate surface area is 79.4 Å². The van der Waals surface area contributed by atoms with Crippen LogP contribution < -0.4 is 5.32 Å². The van der Waals surface area contributed by atoms with E-state index in [9.17, 15) is 4.79 Å². The second-order valence-electron chi connectivity index (χ2n) is 4.08. The molecular weight excluding hydrogens is 162 g/mol. The fourth-order valence-corrected chi connectivity index (χ4v) is 2.23. The van der Waals surface area contributed by atoms with Crippen molar-refractivity contribution < 1.29 is 4.79 Å². The van der Waals surface area contributed by atoms with Crippen molar-refractivity contribution >= 4 is 5.91 Å². The van der Waals surface area contributed by atoms with Crippen LogP contribution in [0.25, 0.3) is 0 Å². The lowest BCUT2D eigenvalue weighted by Gasteiger charge is -2.11. The van der Waals surface area contributed by atoms with E-state index in [4.69, 9.17) is 0 Å². The lowest BCUT2D eigenvalue weighted by molar-refractivity contribution is -0.118. The maximum absolute atomic E-state index is 11.6. The second-order valence-corrected chi connectivity index (χ2v) is 4.08. The molecule has 1 N–H and O–H groups in total. The van der Waals surface area contributed by atoms with Crippen LogP contribution in [0.2, 0.25) is 0 Å². The molecule has 0 unspecified atom stereocenters. The Kier molecular flexibility index (Phi) is 2.67. The highest BCUT2D eigenvalue weighted by Crippen LogP contribution is 2.21. The number of hydrogen-bond acceptors (Lipinski definition) is 1. The minimum Gasteiger partial charge on any atom is -0.350 e. The molecule has 2 aliphatic rings. The Morgan fingerprint density at radius 2 is 2.08 bits per heavy atom. The second kappa shape index (κ2) is 3.95. The van der Waals surface area contributed by atoms with Gasteiger partial charge >= 0.3 is 0 Å². The molecule has 13 heavy (non-hydrogen) atoms. The van der Waals surface area contributed by atoms with E-state index in [1.165, 1.54) is 25.7 Å². The number of amides is 1. The van der Waals surface area contributed by atoms with Crippen molar-refractivity contribution in [3.8, 4) is 0 Å². The summed E-state index contributed by atoms with van der Waals surface area (Å²) in [4.78, 5) is 11.6. The van der Waals surface area contributed by atoms with E-state index >= 15 is 0 Å². The quantitative estimate of drug-likeness (QED) is 0.691. The zero-order valence-electron chi connectivity index (χ0n) is 8.01. The van der Waals surface area contributed by atoms with Gasteiger partial charge in [-0.15, -0.1) is 0 Å². The van der Waals surface area contributed by atoms with E-state index in [1.807, 2.05) is 0 Å². The Morgan fingerprint density at radius 1 is 1.31 bits per heavy atom. The maximum Gasteiger partial charge on any atom is 0.247 e. The summed E-state index contributed by atoms with van der Waals surface area (Å²) < 4.78 is 0. The fourth-order valence-electron chi connectivity index (χ4n) is 2.23. The largest absolute Gasteiger partial charge is 0.350 e. The monoisotopic (exact) mass is 179 g/mol. The summed E-state index contributed by atoms with van der Waals surface area (Å²) in [5.41, 5.74) is 1.02. The third-order valence-electron chi connectivity index (χ3n) is 3.02. The van der Waals surface area contributed by atoms with Gasteiger partial charge in [0.15, 0.2) is 0 Å². The number of hydrogen-bond donors (Lipinski definition) is 1. The predicted molar refractivity (Wildman–Crippen MR) is 52.3 cm³/mol. The van der Waals surface area contributed by atoms with Gasteiger partial charge in [-0.05, 0) is 32.1 Å². The SMILES string of the molecule is O=C(NC1CCCC1)C1=CCCC1. The summed E-state index contributed by atoms with van der Waals surface area (Å²) in [5, 5.41) is 3.11. The van der Waals surface area contributed by atoms with Crippen LogP contribution in [0, 0.1) is 0 Å². The number of nitrogens with one attached hydrogen (secondary N) is 1. The molecule has 0 heterocycles. The van der Waals surface area contributed by atoms with Gasteiger partial charge in [0.25, 0.3) is 0 Å². The summed E-state index contributed by atoms with van der Waals surface area (Å²) >= 11 is 0. The Bertz CT molecular complexity index is 226. The van der Waals surface area contributed by atoms with Gasteiger partial charge in [-0.3, -0.25) is 4.79 Å². The molecule has 72 valence electrons. The van der Waals surface area contributed by atoms with Crippen LogP contribution >= 0.6 is 0 Å². The minimum absolute atomic E-state index is 0.199. The van der Waals surface area contributed by atoms with Gasteiger partial charge in [-0.2, -0.15) is 0 Å². The average molecular weight is 179 g/mol. The van der Waals surface area contributed by atoms with Crippen molar-refractivity contribution in [2.24, 2.45) is 0 Å². The van der Waals surface area contributed by atoms with Crippen molar-refractivity contribution in [1.29, 1.82) is 0 Å². The van der Waals surface area contributed by atoms with Crippen LogP contribution in [0.1, 0.15) is 44.9 Å². The Balaban J connectivity index is 1.83. The summed E-state index contributed by atoms with van der Waals surface area (Å²) in [7, 11) is 0. The third-order valence-corrected chi connectivity index (χ3v) is 3.02. The van der Waals surface area contributed by atoms with Gasteiger partial charge in [0.2, 0.25) is 5.91 Å². The zero-order chi connectivity index (χ0) is 9.10. The highest BCUT2D eigenvalue weighted by Gasteiger charge is 2.19. The van der Waals surface area contributed by atoms with E-state index in [1.54, 1.807) is 0 Å². The Morgan fingerprint density at radius 3 is 2.69 bits per heavy atom. The molecule has 0 aromatic heterocycles. The number of rotatable bonds is 2. The Hall–Kier alpha value is -0.790. The van der Waals surface area contributed by atoms with Crippen LogP contribution in [0.15, 0.2) is 11.6 Å².